The van der Waals surface area contributed by atoms with Crippen molar-refractivity contribution in [3.05, 3.63) is 160 Å². The van der Waals surface area contributed by atoms with Crippen molar-refractivity contribution in [1.82, 2.24) is 9.13 Å². The van der Waals surface area contributed by atoms with E-state index in [0.717, 1.165) is 54.7 Å². The summed E-state index contributed by atoms with van der Waals surface area (Å²) >= 11 is 0. The molecule has 8 heteroatoms. The normalized spacial score (nSPS) is 10.7. The van der Waals surface area contributed by atoms with Crippen LogP contribution in [0.4, 0.5) is 17.1 Å². The van der Waals surface area contributed by atoms with Gasteiger partial charge < -0.3 is 9.13 Å². The molecular formula is C42H18N8. The number of fused-ring (bicyclic) bond motifs is 6. The highest BCUT2D eigenvalue weighted by Gasteiger charge is 2.22. The molecule has 50 heavy (non-hydrogen) atoms. The molecule has 0 atom stereocenters. The molecule has 0 bridgehead atoms. The van der Waals surface area contributed by atoms with Crippen LogP contribution in [-0.4, -0.2) is 9.13 Å². The number of rotatable bonds is 3. The van der Waals surface area contributed by atoms with Crippen LogP contribution in [0.2, 0.25) is 0 Å². The first kappa shape index (κ1) is 29.3. The Morgan fingerprint density at radius 1 is 0.460 bits per heavy atom. The Morgan fingerprint density at radius 3 is 1.50 bits per heavy atom. The zero-order valence-corrected chi connectivity index (χ0v) is 26.0. The van der Waals surface area contributed by atoms with E-state index in [0.29, 0.717) is 11.4 Å². The van der Waals surface area contributed by atoms with Crippen molar-refractivity contribution in [2.45, 2.75) is 0 Å². The molecular weight excluding hydrogens is 617 g/mol. The summed E-state index contributed by atoms with van der Waals surface area (Å²) in [7, 11) is 0. The van der Waals surface area contributed by atoms with Gasteiger partial charge in [0.25, 0.3) is 0 Å². The fourth-order valence-corrected chi connectivity index (χ4v) is 6.97. The molecule has 8 nitrogen and oxygen atoms in total. The Kier molecular flexibility index (Phi) is 6.60. The monoisotopic (exact) mass is 634 g/mol. The summed E-state index contributed by atoms with van der Waals surface area (Å²) < 4.78 is 3.96. The van der Waals surface area contributed by atoms with Gasteiger partial charge in [0.05, 0.1) is 70.7 Å². The smallest absolute Gasteiger partial charge is 0.219 e. The SMILES string of the molecule is [C-]#[N+]c1ccc(-n2c3ccccc3c3cc(-c4ccc5c(c4)c4ccccc4n5-c4ccc(C#N)c([N+]#[C-])c4[N+]#[C-])ccc32)c(C#N)c1C#N. The Labute approximate surface area is 285 Å². The second kappa shape index (κ2) is 11.3. The quantitative estimate of drug-likeness (QED) is 0.181. The van der Waals surface area contributed by atoms with Crippen LogP contribution in [0, 0.1) is 53.7 Å². The van der Waals surface area contributed by atoms with Crippen LogP contribution < -0.4 is 0 Å². The Morgan fingerprint density at radius 2 is 0.980 bits per heavy atom. The molecule has 0 saturated heterocycles. The standard InChI is InChI=1S/C42H18N8/c1-46-34-15-19-39(33(24-45)32(34)23-44)49-35-10-6-4-8-28(35)30-20-25(12-16-37(30)49)26-13-17-38-31(21-26)29-9-5-7-11-36(29)50(38)40-18-14-27(22-43)41(47-2)42(40)48-3/h4-21H. The molecule has 8 aromatic rings. The van der Waals surface area contributed by atoms with Crippen molar-refractivity contribution in [2.75, 3.05) is 0 Å². The van der Waals surface area contributed by atoms with E-state index < -0.39 is 0 Å². The van der Waals surface area contributed by atoms with Crippen molar-refractivity contribution in [2.24, 2.45) is 0 Å². The van der Waals surface area contributed by atoms with Gasteiger partial charge >= 0.3 is 0 Å². The van der Waals surface area contributed by atoms with Gasteiger partial charge in [0.2, 0.25) is 17.1 Å². The summed E-state index contributed by atoms with van der Waals surface area (Å²) in [6, 6.07) is 41.1. The largest absolute Gasteiger partial charge is 0.320 e. The third-order valence-corrected chi connectivity index (χ3v) is 9.14. The molecule has 0 unspecified atom stereocenters. The van der Waals surface area contributed by atoms with Gasteiger partial charge in [-0.2, -0.15) is 15.8 Å². The number of hydrogen-bond donors (Lipinski definition) is 0. The van der Waals surface area contributed by atoms with E-state index in [1.807, 2.05) is 88.0 Å². The van der Waals surface area contributed by atoms with Crippen LogP contribution in [0.3, 0.4) is 0 Å². The second-order valence-electron chi connectivity index (χ2n) is 11.5. The number of benzene rings is 6. The zero-order chi connectivity index (χ0) is 34.5. The van der Waals surface area contributed by atoms with Gasteiger partial charge in [0, 0.05) is 32.8 Å². The lowest BCUT2D eigenvalue weighted by Crippen LogP contribution is -2.00. The fourth-order valence-electron chi connectivity index (χ4n) is 6.97. The molecule has 2 heterocycles. The van der Waals surface area contributed by atoms with Gasteiger partial charge in [-0.1, -0.05) is 66.7 Å². The van der Waals surface area contributed by atoms with Crippen molar-refractivity contribution >= 4 is 60.7 Å². The van der Waals surface area contributed by atoms with Crippen LogP contribution in [0.5, 0.6) is 0 Å². The van der Waals surface area contributed by atoms with Crippen LogP contribution in [0.1, 0.15) is 16.7 Å². The predicted octanol–water partition coefficient (Wildman–Crippen LogP) is 10.8. The van der Waals surface area contributed by atoms with E-state index in [2.05, 4.69) is 38.8 Å². The van der Waals surface area contributed by atoms with Crippen LogP contribution in [-0.2, 0) is 0 Å². The van der Waals surface area contributed by atoms with E-state index in [9.17, 15) is 15.8 Å². The van der Waals surface area contributed by atoms with Gasteiger partial charge in [0.15, 0.2) is 0 Å². The number of para-hydroxylation sites is 2. The van der Waals surface area contributed by atoms with Crippen molar-refractivity contribution in [1.29, 1.82) is 15.8 Å². The molecule has 0 amide bonds. The minimum atomic E-state index is 0.0445. The van der Waals surface area contributed by atoms with E-state index in [1.165, 1.54) is 0 Å². The van der Waals surface area contributed by atoms with Gasteiger partial charge in [-0.3, -0.25) is 0 Å². The highest BCUT2D eigenvalue weighted by Crippen LogP contribution is 2.43. The maximum absolute atomic E-state index is 10.1. The van der Waals surface area contributed by atoms with Crippen LogP contribution >= 0.6 is 0 Å². The van der Waals surface area contributed by atoms with Gasteiger partial charge in [-0.25, -0.2) is 14.5 Å². The lowest BCUT2D eigenvalue weighted by atomic mass is 10.0. The molecule has 0 aliphatic rings. The summed E-state index contributed by atoms with van der Waals surface area (Å²) in [6.07, 6.45) is 0. The highest BCUT2D eigenvalue weighted by atomic mass is 15.0. The van der Waals surface area contributed by atoms with Gasteiger partial charge in [-0.05, 0) is 53.6 Å². The summed E-state index contributed by atoms with van der Waals surface area (Å²) in [5, 5.41) is 33.5. The molecule has 0 fully saturated rings. The van der Waals surface area contributed by atoms with Crippen molar-refractivity contribution in [3.63, 3.8) is 0 Å². The molecule has 226 valence electrons. The average Bonchev–Trinajstić information content (AvgIpc) is 3.68. The molecule has 0 radical (unpaired) electrons. The molecule has 6 aromatic carbocycles. The number of nitriles is 3. The fraction of sp³-hybridized carbons (Fsp3) is 0. The van der Waals surface area contributed by atoms with Crippen LogP contribution in [0.15, 0.2) is 109 Å². The molecule has 0 aliphatic heterocycles. The summed E-state index contributed by atoms with van der Waals surface area (Å²) in [4.78, 5) is 10.7. The first-order chi connectivity index (χ1) is 24.6. The molecule has 0 saturated carbocycles. The Bertz CT molecular complexity index is 2850. The van der Waals surface area contributed by atoms with Gasteiger partial charge in [0.1, 0.15) is 6.07 Å². The number of nitrogens with zero attached hydrogens (tertiary/aromatic N) is 8. The minimum Gasteiger partial charge on any atom is -0.320 e. The molecule has 2 aromatic heterocycles. The average molecular weight is 635 g/mol. The first-order valence-electron chi connectivity index (χ1n) is 15.3. The van der Waals surface area contributed by atoms with Crippen molar-refractivity contribution < 1.29 is 0 Å². The highest BCUT2D eigenvalue weighted by molar-refractivity contribution is 6.13. The topological polar surface area (TPSA) is 94.3 Å². The third-order valence-electron chi connectivity index (χ3n) is 9.14. The summed E-state index contributed by atoms with van der Waals surface area (Å²) in [5.74, 6) is 0. The maximum Gasteiger partial charge on any atom is 0.219 e. The zero-order valence-electron chi connectivity index (χ0n) is 26.0. The lowest BCUT2D eigenvalue weighted by molar-refractivity contribution is 1.16. The van der Waals surface area contributed by atoms with Crippen LogP contribution in [0.25, 0.3) is 80.6 Å². The van der Waals surface area contributed by atoms with E-state index in [-0.39, 0.29) is 33.8 Å². The molecule has 0 aliphatic carbocycles. The maximum atomic E-state index is 10.1. The third kappa shape index (κ3) is 4.05. The summed E-state index contributed by atoms with van der Waals surface area (Å²) in [5.41, 5.74) is 7.18. The number of aromatic nitrogens is 2. The minimum absolute atomic E-state index is 0.0445. The second-order valence-corrected chi connectivity index (χ2v) is 11.5. The van der Waals surface area contributed by atoms with E-state index >= 15 is 0 Å². The number of hydrogen-bond acceptors (Lipinski definition) is 3. The Balaban J connectivity index is 1.36. The summed E-state index contributed by atoms with van der Waals surface area (Å²) in [6.45, 7) is 23.1. The van der Waals surface area contributed by atoms with Crippen molar-refractivity contribution in [3.8, 4) is 40.7 Å². The van der Waals surface area contributed by atoms with E-state index in [1.54, 1.807) is 24.3 Å². The molecule has 8 rings (SSSR count). The predicted molar refractivity (Wildman–Crippen MR) is 193 cm³/mol. The Hall–Kier alpha value is -8.14. The van der Waals surface area contributed by atoms with Gasteiger partial charge in [-0.15, -0.1) is 0 Å². The molecule has 0 N–H and O–H groups in total. The van der Waals surface area contributed by atoms with E-state index in [4.69, 9.17) is 19.7 Å². The molecule has 0 spiro atoms. The lowest BCUT2D eigenvalue weighted by Gasteiger charge is -2.13. The first-order valence-corrected chi connectivity index (χ1v) is 15.3.